The van der Waals surface area contributed by atoms with Crippen LogP contribution in [-0.4, -0.2) is 12.1 Å². The van der Waals surface area contributed by atoms with Gasteiger partial charge >= 0.3 is 12.1 Å². The van der Waals surface area contributed by atoms with Crippen LogP contribution in [0.15, 0.2) is 0 Å². The zero-order valence-electron chi connectivity index (χ0n) is 3.97. The summed E-state index contributed by atoms with van der Waals surface area (Å²) in [6.45, 7) is 0. The molecule has 0 aromatic heterocycles. The van der Waals surface area contributed by atoms with Crippen LogP contribution in [-0.2, 0) is 0 Å². The molecule has 0 saturated heterocycles. The second kappa shape index (κ2) is 2.80. The van der Waals surface area contributed by atoms with Crippen molar-refractivity contribution in [3.63, 3.8) is 0 Å². The smallest absolute Gasteiger partial charge is 0.336 e. The van der Waals surface area contributed by atoms with Gasteiger partial charge in [-0.1, -0.05) is 0 Å². The first-order chi connectivity index (χ1) is 3.66. The van der Waals surface area contributed by atoms with Crippen LogP contribution in [0.1, 0.15) is 0 Å². The van der Waals surface area contributed by atoms with Crippen molar-refractivity contribution in [1.82, 2.24) is 10.7 Å². The highest BCUT2D eigenvalue weighted by Crippen LogP contribution is 1.55. The molecule has 0 aliphatic rings. The monoisotopic (exact) mass is 118 g/mol. The zero-order chi connectivity index (χ0) is 6.57. The first kappa shape index (κ1) is 6.70. The standard InChI is InChI=1S/C2H6N4O2/c3-1(7)5-2(8)6-4/h4H2,(H4,3,5,6,7,8). The number of carbonyl (C=O) groups excluding carboxylic acids is 2. The van der Waals surface area contributed by atoms with E-state index < -0.39 is 12.1 Å². The number of carbonyl (C=O) groups is 2. The Labute approximate surface area is 45.2 Å². The Hall–Kier alpha value is -1.30. The van der Waals surface area contributed by atoms with E-state index in [1.165, 1.54) is 0 Å². The first-order valence-corrected chi connectivity index (χ1v) is 1.74. The number of urea groups is 2. The number of hydrazine groups is 1. The van der Waals surface area contributed by atoms with Gasteiger partial charge in [-0.2, -0.15) is 0 Å². The Morgan fingerprint density at radius 1 is 1.38 bits per heavy atom. The quantitative estimate of drug-likeness (QED) is 0.172. The highest BCUT2D eigenvalue weighted by Gasteiger charge is 1.96. The number of amides is 4. The van der Waals surface area contributed by atoms with E-state index >= 15 is 0 Å². The molecule has 46 valence electrons. The highest BCUT2D eigenvalue weighted by atomic mass is 16.2. The van der Waals surface area contributed by atoms with Crippen LogP contribution >= 0.6 is 0 Å². The van der Waals surface area contributed by atoms with Gasteiger partial charge in [0.25, 0.3) is 0 Å². The number of nitrogens with one attached hydrogen (secondary N) is 2. The summed E-state index contributed by atoms with van der Waals surface area (Å²) in [6, 6.07) is -1.76. The van der Waals surface area contributed by atoms with E-state index in [0.29, 0.717) is 0 Å². The molecule has 0 atom stereocenters. The van der Waals surface area contributed by atoms with Crippen LogP contribution in [0.4, 0.5) is 9.59 Å². The molecule has 0 aromatic carbocycles. The predicted octanol–water partition coefficient (Wildman–Crippen LogP) is -1.76. The summed E-state index contributed by atoms with van der Waals surface area (Å²) in [4.78, 5) is 19.7. The first-order valence-electron chi connectivity index (χ1n) is 1.74. The summed E-state index contributed by atoms with van der Waals surface area (Å²) in [5.74, 6) is 4.55. The average Bonchev–Trinajstić information content (AvgIpc) is 1.65. The molecule has 0 aromatic rings. The molecule has 0 heterocycles. The Morgan fingerprint density at radius 2 is 1.88 bits per heavy atom. The lowest BCUT2D eigenvalue weighted by atomic mass is 10.9. The van der Waals surface area contributed by atoms with Crippen molar-refractivity contribution in [3.8, 4) is 0 Å². The Balaban J connectivity index is 3.40. The van der Waals surface area contributed by atoms with Gasteiger partial charge in [-0.15, -0.1) is 0 Å². The number of nitrogens with two attached hydrogens (primary N) is 2. The topological polar surface area (TPSA) is 110 Å². The molecular formula is C2H6N4O2. The maximum absolute atomic E-state index is 9.97. The molecule has 0 spiro atoms. The molecule has 4 amide bonds. The van der Waals surface area contributed by atoms with Gasteiger partial charge in [0.2, 0.25) is 0 Å². The van der Waals surface area contributed by atoms with E-state index in [9.17, 15) is 9.59 Å². The van der Waals surface area contributed by atoms with Gasteiger partial charge in [0.15, 0.2) is 0 Å². The van der Waals surface area contributed by atoms with Crippen molar-refractivity contribution >= 4 is 12.1 Å². The van der Waals surface area contributed by atoms with E-state index in [4.69, 9.17) is 0 Å². The van der Waals surface area contributed by atoms with Crippen molar-refractivity contribution in [2.75, 3.05) is 0 Å². The SMILES string of the molecule is NNC(=O)NC(N)=O. The fourth-order valence-corrected chi connectivity index (χ4v) is 0.148. The Kier molecular flexibility index (Phi) is 2.35. The van der Waals surface area contributed by atoms with Gasteiger partial charge < -0.3 is 5.73 Å². The third kappa shape index (κ3) is 2.91. The minimum Gasteiger partial charge on any atom is -0.351 e. The van der Waals surface area contributed by atoms with E-state index in [2.05, 4.69) is 11.6 Å². The largest absolute Gasteiger partial charge is 0.351 e. The van der Waals surface area contributed by atoms with E-state index in [0.717, 1.165) is 0 Å². The van der Waals surface area contributed by atoms with Crippen LogP contribution in [0.25, 0.3) is 0 Å². The fourth-order valence-electron chi connectivity index (χ4n) is 0.148. The lowest BCUT2D eigenvalue weighted by Crippen LogP contribution is -2.45. The van der Waals surface area contributed by atoms with Gasteiger partial charge in [0.1, 0.15) is 0 Å². The molecule has 0 rings (SSSR count). The van der Waals surface area contributed by atoms with Gasteiger partial charge in [-0.05, 0) is 0 Å². The molecule has 0 fully saturated rings. The van der Waals surface area contributed by atoms with Crippen molar-refractivity contribution in [2.45, 2.75) is 0 Å². The van der Waals surface area contributed by atoms with Crippen LogP contribution in [0, 0.1) is 0 Å². The van der Waals surface area contributed by atoms with Gasteiger partial charge in [0.05, 0.1) is 0 Å². The highest BCUT2D eigenvalue weighted by molar-refractivity contribution is 5.92. The maximum atomic E-state index is 9.97. The van der Waals surface area contributed by atoms with Gasteiger partial charge in [-0.25, -0.2) is 15.4 Å². The van der Waals surface area contributed by atoms with Crippen molar-refractivity contribution in [1.29, 1.82) is 0 Å². The average molecular weight is 118 g/mol. The fraction of sp³-hybridized carbons (Fsp3) is 0. The Morgan fingerprint density at radius 3 is 2.00 bits per heavy atom. The van der Waals surface area contributed by atoms with Crippen LogP contribution in [0.2, 0.25) is 0 Å². The maximum Gasteiger partial charge on any atom is 0.336 e. The number of imide groups is 1. The minimum atomic E-state index is -0.937. The molecule has 0 aliphatic carbocycles. The Bertz CT molecular complexity index is 111. The van der Waals surface area contributed by atoms with Crippen molar-refractivity contribution < 1.29 is 9.59 Å². The molecule has 0 bridgehead atoms. The molecule has 8 heavy (non-hydrogen) atoms. The van der Waals surface area contributed by atoms with Crippen molar-refractivity contribution in [3.05, 3.63) is 0 Å². The number of rotatable bonds is 0. The molecular weight excluding hydrogens is 112 g/mol. The second-order valence-electron chi connectivity index (χ2n) is 0.963. The van der Waals surface area contributed by atoms with Crippen molar-refractivity contribution in [2.24, 2.45) is 11.6 Å². The molecule has 0 radical (unpaired) electrons. The van der Waals surface area contributed by atoms with Crippen LogP contribution in [0.5, 0.6) is 0 Å². The lowest BCUT2D eigenvalue weighted by Gasteiger charge is -1.94. The van der Waals surface area contributed by atoms with E-state index in [1.807, 2.05) is 0 Å². The second-order valence-corrected chi connectivity index (χ2v) is 0.963. The summed E-state index contributed by atoms with van der Waals surface area (Å²) in [5, 5.41) is 1.66. The van der Waals surface area contributed by atoms with E-state index in [1.54, 1.807) is 10.7 Å². The third-order valence-corrected chi connectivity index (χ3v) is 0.368. The molecule has 0 saturated carbocycles. The molecule has 0 aliphatic heterocycles. The number of hydrogen-bond donors (Lipinski definition) is 4. The zero-order valence-corrected chi connectivity index (χ0v) is 3.97. The lowest BCUT2D eigenvalue weighted by molar-refractivity contribution is 0.231. The summed E-state index contributed by atoms with van der Waals surface area (Å²) in [7, 11) is 0. The summed E-state index contributed by atoms with van der Waals surface area (Å²) < 4.78 is 0. The van der Waals surface area contributed by atoms with Gasteiger partial charge in [0, 0.05) is 0 Å². The van der Waals surface area contributed by atoms with Gasteiger partial charge in [-0.3, -0.25) is 10.7 Å². The summed E-state index contributed by atoms with van der Waals surface area (Å²) in [6.07, 6.45) is 0. The molecule has 6 N–H and O–H groups in total. The number of primary amides is 1. The normalized spacial score (nSPS) is 7.62. The minimum absolute atomic E-state index is 0.822. The number of hydrogen-bond acceptors (Lipinski definition) is 3. The third-order valence-electron chi connectivity index (χ3n) is 0.368. The summed E-state index contributed by atoms with van der Waals surface area (Å²) >= 11 is 0. The molecule has 0 unspecified atom stereocenters. The molecule has 6 nitrogen and oxygen atoms in total. The predicted molar refractivity (Wildman–Crippen MR) is 25.4 cm³/mol. The van der Waals surface area contributed by atoms with Crippen LogP contribution < -0.4 is 22.3 Å². The molecule has 6 heteroatoms. The van der Waals surface area contributed by atoms with Crippen LogP contribution in [0.3, 0.4) is 0 Å². The van der Waals surface area contributed by atoms with E-state index in [-0.39, 0.29) is 0 Å². The summed E-state index contributed by atoms with van der Waals surface area (Å²) in [5.41, 5.74) is 6.15.